The molecule has 0 saturated heterocycles. The Morgan fingerprint density at radius 3 is 2.57 bits per heavy atom. The van der Waals surface area contributed by atoms with Crippen LogP contribution in [0.3, 0.4) is 0 Å². The van der Waals surface area contributed by atoms with Crippen LogP contribution in [0.5, 0.6) is 5.75 Å². The number of hydrogen-bond donors (Lipinski definition) is 1. The van der Waals surface area contributed by atoms with E-state index in [2.05, 4.69) is 5.10 Å². The number of hydrogen-bond acceptors (Lipinski definition) is 3. The van der Waals surface area contributed by atoms with Crippen LogP contribution in [0.1, 0.15) is 31.0 Å². The Morgan fingerprint density at radius 2 is 1.86 bits per heavy atom. The van der Waals surface area contributed by atoms with Crippen molar-refractivity contribution in [3.05, 3.63) is 66.0 Å². The van der Waals surface area contributed by atoms with Crippen LogP contribution >= 0.6 is 0 Å². The van der Waals surface area contributed by atoms with Crippen molar-refractivity contribution < 1.29 is 4.74 Å². The molecule has 0 aliphatic rings. The van der Waals surface area contributed by atoms with Crippen molar-refractivity contribution >= 4 is 5.52 Å². The summed E-state index contributed by atoms with van der Waals surface area (Å²) in [4.78, 5) is 0. The average molecular weight is 281 g/mol. The summed E-state index contributed by atoms with van der Waals surface area (Å²) in [5, 5.41) is 4.33. The lowest BCUT2D eigenvalue weighted by Gasteiger charge is -2.13. The number of aromatic nitrogens is 2. The Balaban J connectivity index is 1.89. The van der Waals surface area contributed by atoms with Crippen LogP contribution in [0.2, 0.25) is 0 Å². The molecular weight excluding hydrogens is 262 g/mol. The van der Waals surface area contributed by atoms with Crippen LogP contribution in [-0.2, 0) is 0 Å². The summed E-state index contributed by atoms with van der Waals surface area (Å²) < 4.78 is 7.49. The van der Waals surface area contributed by atoms with Crippen LogP contribution in [0.25, 0.3) is 5.52 Å². The van der Waals surface area contributed by atoms with Gasteiger partial charge in [0.2, 0.25) is 0 Å². The monoisotopic (exact) mass is 281 g/mol. The fraction of sp³-hybridized carbons (Fsp3) is 0.235. The van der Waals surface area contributed by atoms with E-state index in [1.165, 1.54) is 0 Å². The number of fused-ring (bicyclic) bond motifs is 1. The Morgan fingerprint density at radius 1 is 1.10 bits per heavy atom. The molecule has 1 aromatic carbocycles. The molecule has 2 heterocycles. The molecule has 0 bridgehead atoms. The minimum absolute atomic E-state index is 0.171. The highest BCUT2D eigenvalue weighted by Gasteiger charge is 2.14. The second-order valence-corrected chi connectivity index (χ2v) is 5.34. The molecule has 0 amide bonds. The Kier molecular flexibility index (Phi) is 3.62. The van der Waals surface area contributed by atoms with Gasteiger partial charge in [0.15, 0.2) is 0 Å². The van der Waals surface area contributed by atoms with Gasteiger partial charge in [-0.1, -0.05) is 18.2 Å². The topological polar surface area (TPSA) is 52.5 Å². The SMILES string of the molecule is CC(C)Oc1ccc(C(N)c2cnn3ccccc23)cc1. The quantitative estimate of drug-likeness (QED) is 0.799. The highest BCUT2D eigenvalue weighted by Crippen LogP contribution is 2.25. The minimum atomic E-state index is -0.196. The molecule has 3 rings (SSSR count). The molecule has 0 spiro atoms. The standard InChI is InChI=1S/C17H19N3O/c1-12(2)21-14-8-6-13(7-9-14)17(18)15-11-19-20-10-4-3-5-16(15)20/h3-12,17H,18H2,1-2H3. The first kappa shape index (κ1) is 13.6. The number of pyridine rings is 1. The Labute approximate surface area is 124 Å². The molecule has 0 saturated carbocycles. The van der Waals surface area contributed by atoms with Crippen molar-refractivity contribution in [3.8, 4) is 5.75 Å². The first-order chi connectivity index (χ1) is 10.1. The summed E-state index contributed by atoms with van der Waals surface area (Å²) in [6.07, 6.45) is 3.92. The van der Waals surface area contributed by atoms with Crippen LogP contribution in [0, 0.1) is 0 Å². The normalized spacial score (nSPS) is 12.8. The summed E-state index contributed by atoms with van der Waals surface area (Å²) >= 11 is 0. The van der Waals surface area contributed by atoms with E-state index in [4.69, 9.17) is 10.5 Å². The first-order valence-electron chi connectivity index (χ1n) is 7.09. The molecule has 2 aromatic heterocycles. The third-order valence-electron chi connectivity index (χ3n) is 3.40. The zero-order valence-corrected chi connectivity index (χ0v) is 12.2. The van der Waals surface area contributed by atoms with Crippen molar-refractivity contribution in [3.63, 3.8) is 0 Å². The van der Waals surface area contributed by atoms with Crippen LogP contribution < -0.4 is 10.5 Å². The summed E-state index contributed by atoms with van der Waals surface area (Å²) in [5.41, 5.74) is 9.49. The second-order valence-electron chi connectivity index (χ2n) is 5.34. The second kappa shape index (κ2) is 5.58. The lowest BCUT2D eigenvalue weighted by Crippen LogP contribution is -2.12. The summed E-state index contributed by atoms with van der Waals surface area (Å²) in [6.45, 7) is 4.03. The molecule has 0 aliphatic heterocycles. The molecule has 0 radical (unpaired) electrons. The van der Waals surface area contributed by atoms with Gasteiger partial charge in [0.05, 0.1) is 23.9 Å². The van der Waals surface area contributed by atoms with Crippen LogP contribution in [0.4, 0.5) is 0 Å². The van der Waals surface area contributed by atoms with Gasteiger partial charge >= 0.3 is 0 Å². The molecule has 2 N–H and O–H groups in total. The van der Waals surface area contributed by atoms with Gasteiger partial charge in [0, 0.05) is 11.8 Å². The largest absolute Gasteiger partial charge is 0.491 e. The lowest BCUT2D eigenvalue weighted by molar-refractivity contribution is 0.242. The molecule has 3 aromatic rings. The van der Waals surface area contributed by atoms with Crippen molar-refractivity contribution in [1.82, 2.24) is 9.61 Å². The maximum absolute atomic E-state index is 6.38. The third kappa shape index (κ3) is 2.76. The Hall–Kier alpha value is -2.33. The average Bonchev–Trinajstić information content (AvgIpc) is 2.90. The van der Waals surface area contributed by atoms with Crippen molar-refractivity contribution in [1.29, 1.82) is 0 Å². The van der Waals surface area contributed by atoms with Crippen LogP contribution in [-0.4, -0.2) is 15.7 Å². The van der Waals surface area contributed by atoms with E-state index >= 15 is 0 Å². The zero-order chi connectivity index (χ0) is 14.8. The molecule has 0 fully saturated rings. The third-order valence-corrected chi connectivity index (χ3v) is 3.40. The molecule has 0 aliphatic carbocycles. The number of nitrogens with zero attached hydrogens (tertiary/aromatic N) is 2. The molecule has 108 valence electrons. The van der Waals surface area contributed by atoms with E-state index in [-0.39, 0.29) is 12.1 Å². The van der Waals surface area contributed by atoms with Crippen molar-refractivity contribution in [2.75, 3.05) is 0 Å². The number of ether oxygens (including phenoxy) is 1. The number of nitrogens with two attached hydrogens (primary N) is 1. The highest BCUT2D eigenvalue weighted by atomic mass is 16.5. The summed E-state index contributed by atoms with van der Waals surface area (Å²) in [6, 6.07) is 13.7. The van der Waals surface area contributed by atoms with Gasteiger partial charge < -0.3 is 10.5 Å². The molecule has 1 atom stereocenters. The maximum atomic E-state index is 6.38. The minimum Gasteiger partial charge on any atom is -0.491 e. The van der Waals surface area contributed by atoms with E-state index in [0.717, 1.165) is 22.4 Å². The van der Waals surface area contributed by atoms with Gasteiger partial charge in [-0.25, -0.2) is 4.52 Å². The Bertz CT molecular complexity index is 731. The van der Waals surface area contributed by atoms with Crippen molar-refractivity contribution in [2.24, 2.45) is 5.73 Å². The van der Waals surface area contributed by atoms with Gasteiger partial charge in [-0.05, 0) is 43.7 Å². The predicted molar refractivity (Wildman–Crippen MR) is 83.4 cm³/mol. The summed E-state index contributed by atoms with van der Waals surface area (Å²) in [5.74, 6) is 0.862. The lowest BCUT2D eigenvalue weighted by atomic mass is 10.0. The van der Waals surface area contributed by atoms with E-state index in [1.807, 2.05) is 73.2 Å². The molecule has 4 nitrogen and oxygen atoms in total. The highest BCUT2D eigenvalue weighted by molar-refractivity contribution is 5.57. The maximum Gasteiger partial charge on any atom is 0.119 e. The van der Waals surface area contributed by atoms with Gasteiger partial charge in [0.25, 0.3) is 0 Å². The number of benzene rings is 1. The van der Waals surface area contributed by atoms with E-state index < -0.39 is 0 Å². The van der Waals surface area contributed by atoms with Crippen LogP contribution in [0.15, 0.2) is 54.9 Å². The molecule has 4 heteroatoms. The van der Waals surface area contributed by atoms with E-state index in [1.54, 1.807) is 0 Å². The predicted octanol–water partition coefficient (Wildman–Crippen LogP) is 3.17. The van der Waals surface area contributed by atoms with Gasteiger partial charge in [-0.3, -0.25) is 0 Å². The molecule has 21 heavy (non-hydrogen) atoms. The zero-order valence-electron chi connectivity index (χ0n) is 12.2. The van der Waals surface area contributed by atoms with Gasteiger partial charge in [0.1, 0.15) is 5.75 Å². The molecule has 1 unspecified atom stereocenters. The fourth-order valence-electron chi connectivity index (χ4n) is 2.40. The summed E-state index contributed by atoms with van der Waals surface area (Å²) in [7, 11) is 0. The van der Waals surface area contributed by atoms with Gasteiger partial charge in [-0.15, -0.1) is 0 Å². The fourth-order valence-corrected chi connectivity index (χ4v) is 2.40. The van der Waals surface area contributed by atoms with E-state index in [9.17, 15) is 0 Å². The van der Waals surface area contributed by atoms with Gasteiger partial charge in [-0.2, -0.15) is 5.10 Å². The molecular formula is C17H19N3O. The van der Waals surface area contributed by atoms with E-state index in [0.29, 0.717) is 0 Å². The van der Waals surface area contributed by atoms with Crippen molar-refractivity contribution in [2.45, 2.75) is 26.0 Å². The first-order valence-corrected chi connectivity index (χ1v) is 7.09. The smallest absolute Gasteiger partial charge is 0.119 e. The number of rotatable bonds is 4.